The summed E-state index contributed by atoms with van der Waals surface area (Å²) in [6.07, 6.45) is 7.23. The lowest BCUT2D eigenvalue weighted by Gasteiger charge is -2.18. The van der Waals surface area contributed by atoms with E-state index >= 15 is 0 Å². The van der Waals surface area contributed by atoms with E-state index in [1.807, 2.05) is 6.08 Å². The number of hydrogen-bond donors (Lipinski definition) is 0. The maximum absolute atomic E-state index is 12.1. The number of rotatable bonds is 6. The summed E-state index contributed by atoms with van der Waals surface area (Å²) in [6, 6.07) is 0. The van der Waals surface area contributed by atoms with Crippen LogP contribution < -0.4 is 0 Å². The third-order valence-electron chi connectivity index (χ3n) is 2.30. The van der Waals surface area contributed by atoms with Crippen LogP contribution in [0.1, 0.15) is 46.0 Å². The summed E-state index contributed by atoms with van der Waals surface area (Å²) in [5.41, 5.74) is 0. The highest BCUT2D eigenvalue weighted by molar-refractivity contribution is 7.48. The summed E-state index contributed by atoms with van der Waals surface area (Å²) < 4.78 is 27.7. The number of phosphoric ester groups is 1. The second kappa shape index (κ2) is 7.10. The lowest BCUT2D eigenvalue weighted by molar-refractivity contribution is 0.143. The van der Waals surface area contributed by atoms with Crippen LogP contribution in [-0.2, 0) is 18.1 Å². The van der Waals surface area contributed by atoms with Gasteiger partial charge in [0.2, 0.25) is 0 Å². The first-order chi connectivity index (χ1) is 7.70. The topological polar surface area (TPSA) is 44.8 Å². The smallest absolute Gasteiger partial charge is 0.409 e. The summed E-state index contributed by atoms with van der Waals surface area (Å²) in [6.45, 7) is 4.20. The molecular formula is C11H21O4P. The Bertz CT molecular complexity index is 265. The predicted octanol–water partition coefficient (Wildman–Crippen LogP) is 4.03. The highest BCUT2D eigenvalue weighted by Gasteiger charge is 2.28. The van der Waals surface area contributed by atoms with E-state index in [-0.39, 0.29) is 0 Å². The fourth-order valence-corrected chi connectivity index (χ4v) is 2.88. The molecule has 1 aliphatic rings. The molecule has 0 saturated carbocycles. The molecule has 0 saturated heterocycles. The molecule has 1 rings (SSSR count). The maximum Gasteiger partial charge on any atom is 0.529 e. The monoisotopic (exact) mass is 248 g/mol. The van der Waals surface area contributed by atoms with Crippen molar-refractivity contribution in [3.05, 3.63) is 11.8 Å². The molecule has 0 aromatic carbocycles. The zero-order chi connectivity index (χ0) is 11.9. The van der Waals surface area contributed by atoms with Gasteiger partial charge in [-0.15, -0.1) is 0 Å². The van der Waals surface area contributed by atoms with Gasteiger partial charge >= 0.3 is 7.82 Å². The minimum Gasteiger partial charge on any atom is -0.409 e. The zero-order valence-electron chi connectivity index (χ0n) is 10.1. The van der Waals surface area contributed by atoms with E-state index in [1.54, 1.807) is 13.8 Å². The van der Waals surface area contributed by atoms with Crippen molar-refractivity contribution < 1.29 is 18.1 Å². The Morgan fingerprint density at radius 2 is 1.88 bits per heavy atom. The summed E-state index contributed by atoms with van der Waals surface area (Å²) in [5.74, 6) is 0.753. The highest BCUT2D eigenvalue weighted by Crippen LogP contribution is 2.52. The second-order valence-electron chi connectivity index (χ2n) is 3.64. The van der Waals surface area contributed by atoms with E-state index in [9.17, 15) is 4.57 Å². The highest BCUT2D eigenvalue weighted by atomic mass is 31.2. The van der Waals surface area contributed by atoms with Gasteiger partial charge in [-0.2, -0.15) is 0 Å². The fraction of sp³-hybridized carbons (Fsp3) is 0.818. The molecule has 0 unspecified atom stereocenters. The average molecular weight is 248 g/mol. The summed E-state index contributed by atoms with van der Waals surface area (Å²) >= 11 is 0. The number of phosphoric acid groups is 1. The normalized spacial score (nSPS) is 17.8. The third-order valence-corrected chi connectivity index (χ3v) is 3.91. The van der Waals surface area contributed by atoms with Crippen molar-refractivity contribution in [3.63, 3.8) is 0 Å². The third kappa shape index (κ3) is 4.69. The van der Waals surface area contributed by atoms with Crippen molar-refractivity contribution in [2.24, 2.45) is 0 Å². The fourth-order valence-electron chi connectivity index (χ4n) is 1.62. The van der Waals surface area contributed by atoms with Crippen LogP contribution >= 0.6 is 7.82 Å². The van der Waals surface area contributed by atoms with Crippen LogP contribution in [0.15, 0.2) is 11.8 Å². The Labute approximate surface area is 97.6 Å². The molecule has 1 aliphatic carbocycles. The van der Waals surface area contributed by atoms with Crippen molar-refractivity contribution in [1.82, 2.24) is 0 Å². The van der Waals surface area contributed by atoms with E-state index < -0.39 is 7.82 Å². The van der Waals surface area contributed by atoms with Gasteiger partial charge in [-0.1, -0.05) is 6.42 Å². The van der Waals surface area contributed by atoms with Crippen molar-refractivity contribution in [3.8, 4) is 0 Å². The van der Waals surface area contributed by atoms with Gasteiger partial charge in [0, 0.05) is 6.42 Å². The second-order valence-corrected chi connectivity index (χ2v) is 5.24. The van der Waals surface area contributed by atoms with Crippen LogP contribution in [0.2, 0.25) is 0 Å². The van der Waals surface area contributed by atoms with Gasteiger partial charge < -0.3 is 4.52 Å². The molecule has 0 atom stereocenters. The van der Waals surface area contributed by atoms with Gasteiger partial charge in [0.05, 0.1) is 13.2 Å². The largest absolute Gasteiger partial charge is 0.529 e. The van der Waals surface area contributed by atoms with Gasteiger partial charge in [-0.05, 0) is 39.2 Å². The lowest BCUT2D eigenvalue weighted by Crippen LogP contribution is -2.00. The molecule has 0 aromatic heterocycles. The van der Waals surface area contributed by atoms with E-state index in [4.69, 9.17) is 13.6 Å². The Kier molecular flexibility index (Phi) is 6.10. The molecule has 0 fully saturated rings. The first-order valence-corrected chi connectivity index (χ1v) is 7.44. The minimum atomic E-state index is -3.38. The van der Waals surface area contributed by atoms with Crippen molar-refractivity contribution in [2.45, 2.75) is 46.0 Å². The maximum atomic E-state index is 12.1. The Morgan fingerprint density at radius 3 is 2.50 bits per heavy atom. The van der Waals surface area contributed by atoms with Crippen molar-refractivity contribution in [1.29, 1.82) is 0 Å². The van der Waals surface area contributed by atoms with Crippen LogP contribution in [0.4, 0.5) is 0 Å². The molecule has 0 amide bonds. The molecule has 4 nitrogen and oxygen atoms in total. The zero-order valence-corrected chi connectivity index (χ0v) is 11.0. The summed E-state index contributed by atoms with van der Waals surface area (Å²) in [7, 11) is -3.38. The molecule has 0 spiro atoms. The van der Waals surface area contributed by atoms with Gasteiger partial charge in [0.15, 0.2) is 0 Å². The van der Waals surface area contributed by atoms with E-state index in [1.165, 1.54) is 12.8 Å². The predicted molar refractivity (Wildman–Crippen MR) is 63.1 cm³/mol. The van der Waals surface area contributed by atoms with Crippen LogP contribution in [-0.4, -0.2) is 13.2 Å². The van der Waals surface area contributed by atoms with Gasteiger partial charge in [0.1, 0.15) is 5.76 Å². The first-order valence-electron chi connectivity index (χ1n) is 5.98. The van der Waals surface area contributed by atoms with Crippen molar-refractivity contribution in [2.75, 3.05) is 13.2 Å². The van der Waals surface area contributed by atoms with E-state index in [0.29, 0.717) is 13.2 Å². The standard InChI is InChI=1S/C11H21O4P/c1-3-13-16(12,14-4-2)15-11-9-7-5-6-8-10-11/h9H,3-8,10H2,1-2H3. The van der Waals surface area contributed by atoms with Crippen LogP contribution in [0, 0.1) is 0 Å². The Morgan fingerprint density at radius 1 is 1.19 bits per heavy atom. The molecule has 94 valence electrons. The van der Waals surface area contributed by atoms with Gasteiger partial charge in [0.25, 0.3) is 0 Å². The molecular weight excluding hydrogens is 227 g/mol. The first kappa shape index (κ1) is 13.8. The quantitative estimate of drug-likeness (QED) is 0.665. The molecule has 0 aliphatic heterocycles. The van der Waals surface area contributed by atoms with Crippen LogP contribution in [0.3, 0.4) is 0 Å². The molecule has 0 N–H and O–H groups in total. The van der Waals surface area contributed by atoms with E-state index in [0.717, 1.165) is 25.0 Å². The van der Waals surface area contributed by atoms with Crippen LogP contribution in [0.5, 0.6) is 0 Å². The summed E-state index contributed by atoms with van der Waals surface area (Å²) in [5, 5.41) is 0. The lowest BCUT2D eigenvalue weighted by atomic mass is 10.2. The van der Waals surface area contributed by atoms with Gasteiger partial charge in [-0.3, -0.25) is 9.05 Å². The molecule has 16 heavy (non-hydrogen) atoms. The molecule has 0 bridgehead atoms. The molecule has 0 radical (unpaired) electrons. The summed E-state index contributed by atoms with van der Waals surface area (Å²) in [4.78, 5) is 0. The molecule has 0 aromatic rings. The molecule has 5 heteroatoms. The number of allylic oxidation sites excluding steroid dienone is 2. The van der Waals surface area contributed by atoms with Crippen LogP contribution in [0.25, 0.3) is 0 Å². The Balaban J connectivity index is 2.59. The molecule has 0 heterocycles. The van der Waals surface area contributed by atoms with Gasteiger partial charge in [-0.25, -0.2) is 4.57 Å². The van der Waals surface area contributed by atoms with E-state index in [2.05, 4.69) is 0 Å². The number of hydrogen-bond acceptors (Lipinski definition) is 4. The minimum absolute atomic E-state index is 0.324. The SMILES string of the molecule is CCOP(=O)(OCC)OC1=CCCCCC1. The average Bonchev–Trinajstić information content (AvgIpc) is 2.46. The Hall–Kier alpha value is -0.310. The van der Waals surface area contributed by atoms with Crippen molar-refractivity contribution >= 4 is 7.82 Å².